The Labute approximate surface area is 217 Å². The van der Waals surface area contributed by atoms with Crippen LogP contribution in [-0.4, -0.2) is 45.7 Å². The number of aromatic nitrogens is 6. The van der Waals surface area contributed by atoms with E-state index in [1.165, 1.54) is 34.2 Å². The highest BCUT2D eigenvalue weighted by molar-refractivity contribution is 5.93. The molecule has 0 atom stereocenters. The van der Waals surface area contributed by atoms with Crippen LogP contribution in [0, 0.1) is 0 Å². The minimum Gasteiger partial charge on any atom is -0.477 e. The molecule has 0 saturated heterocycles. The Hall–Kier alpha value is -4.90. The Kier molecular flexibility index (Phi) is 6.21. The number of carboxylic acid groups (broad SMARTS) is 1. The van der Waals surface area contributed by atoms with Crippen LogP contribution in [0.3, 0.4) is 0 Å². The molecule has 5 rings (SSSR count). The minimum atomic E-state index is -1.20. The second kappa shape index (κ2) is 9.52. The average molecular weight is 512 g/mol. The van der Waals surface area contributed by atoms with Crippen LogP contribution >= 0.6 is 0 Å². The van der Waals surface area contributed by atoms with Crippen molar-refractivity contribution in [3.05, 3.63) is 94.4 Å². The lowest BCUT2D eigenvalue weighted by Gasteiger charge is -2.19. The molecule has 0 aliphatic rings. The van der Waals surface area contributed by atoms with E-state index < -0.39 is 12.6 Å². The summed E-state index contributed by atoms with van der Waals surface area (Å²) in [5.74, 6) is -0.841. The summed E-state index contributed by atoms with van der Waals surface area (Å²) in [6.07, 6.45) is 7.34. The monoisotopic (exact) mass is 511 g/mol. The molecule has 11 nitrogen and oxygen atoms in total. The van der Waals surface area contributed by atoms with E-state index in [1.54, 1.807) is 30.5 Å². The molecule has 0 aliphatic heterocycles. The Morgan fingerprint density at radius 1 is 1.08 bits per heavy atom. The topological polar surface area (TPSA) is 148 Å². The molecular weight excluding hydrogens is 486 g/mol. The number of hydrogen-bond acceptors (Lipinski definition) is 8. The van der Waals surface area contributed by atoms with Gasteiger partial charge in [0.25, 0.3) is 5.56 Å². The number of aliphatic hydroxyl groups excluding tert-OH is 1. The van der Waals surface area contributed by atoms with Gasteiger partial charge in [0.2, 0.25) is 0 Å². The molecule has 0 saturated carbocycles. The first-order valence-electron chi connectivity index (χ1n) is 11.8. The van der Waals surface area contributed by atoms with E-state index in [0.29, 0.717) is 28.1 Å². The lowest BCUT2D eigenvalue weighted by molar-refractivity contribution is 0.0698. The number of hydrogen-bond donors (Lipinski definition) is 3. The third kappa shape index (κ3) is 4.50. The normalized spacial score (nSPS) is 11.6. The highest BCUT2D eigenvalue weighted by atomic mass is 16.4. The van der Waals surface area contributed by atoms with Crippen molar-refractivity contribution >= 4 is 28.4 Å². The molecule has 0 amide bonds. The third-order valence-corrected chi connectivity index (χ3v) is 6.17. The fourth-order valence-electron chi connectivity index (χ4n) is 4.16. The van der Waals surface area contributed by atoms with Gasteiger partial charge in [-0.1, -0.05) is 32.9 Å². The van der Waals surface area contributed by atoms with Crippen LogP contribution in [0.4, 0.5) is 11.6 Å². The number of aliphatic hydroxyl groups is 1. The van der Waals surface area contributed by atoms with Crippen LogP contribution in [0.15, 0.2) is 72.2 Å². The van der Waals surface area contributed by atoms with Gasteiger partial charge >= 0.3 is 5.97 Å². The standard InChI is InChI=1S/C27H25N7O4/c1-27(2,3)17-7-8-18-16(11-17)12-30-34(25(18)36)22-6-4-5-21(20(22)15-35)33-14-19(26(37)38)24(32-33)31-23-13-28-9-10-29-23/h4-14,35H,15H2,1-3H3,(H,37,38)(H,29,31,32). The summed E-state index contributed by atoms with van der Waals surface area (Å²) in [6, 6.07) is 10.7. The van der Waals surface area contributed by atoms with Crippen LogP contribution in [-0.2, 0) is 12.0 Å². The zero-order valence-corrected chi connectivity index (χ0v) is 21.0. The van der Waals surface area contributed by atoms with Crippen molar-refractivity contribution in [2.24, 2.45) is 0 Å². The van der Waals surface area contributed by atoms with Crippen LogP contribution in [0.1, 0.15) is 42.3 Å². The van der Waals surface area contributed by atoms with Crippen molar-refractivity contribution in [1.82, 2.24) is 29.5 Å². The first-order chi connectivity index (χ1) is 18.2. The SMILES string of the molecule is CC(C)(C)c1ccc2c(=O)n(-c3cccc(-n4cc(C(=O)O)c(Nc5cnccn5)n4)c3CO)ncc2c1. The second-order valence-corrected chi connectivity index (χ2v) is 9.70. The van der Waals surface area contributed by atoms with Gasteiger partial charge in [-0.3, -0.25) is 9.78 Å². The molecule has 3 N–H and O–H groups in total. The summed E-state index contributed by atoms with van der Waals surface area (Å²) >= 11 is 0. The largest absolute Gasteiger partial charge is 0.477 e. The van der Waals surface area contributed by atoms with Gasteiger partial charge in [-0.25, -0.2) is 14.5 Å². The summed E-state index contributed by atoms with van der Waals surface area (Å²) in [7, 11) is 0. The molecule has 0 bridgehead atoms. The van der Waals surface area contributed by atoms with Crippen LogP contribution in [0.2, 0.25) is 0 Å². The fraction of sp³-hybridized carbons (Fsp3) is 0.185. The van der Waals surface area contributed by atoms with E-state index in [-0.39, 0.29) is 22.4 Å². The molecule has 192 valence electrons. The molecule has 3 heterocycles. The Morgan fingerprint density at radius 2 is 1.87 bits per heavy atom. The molecule has 0 radical (unpaired) electrons. The molecule has 0 aliphatic carbocycles. The summed E-state index contributed by atoms with van der Waals surface area (Å²) in [5, 5.41) is 32.9. The Balaban J connectivity index is 1.62. The Morgan fingerprint density at radius 3 is 2.55 bits per heavy atom. The van der Waals surface area contributed by atoms with Crippen molar-refractivity contribution in [3.8, 4) is 11.4 Å². The highest BCUT2D eigenvalue weighted by Gasteiger charge is 2.21. The molecule has 3 aromatic heterocycles. The van der Waals surface area contributed by atoms with Crippen LogP contribution in [0.25, 0.3) is 22.1 Å². The first kappa shape index (κ1) is 24.8. The molecule has 5 aromatic rings. The molecule has 11 heteroatoms. The molecule has 0 spiro atoms. The number of carbonyl (C=O) groups is 1. The summed E-state index contributed by atoms with van der Waals surface area (Å²) < 4.78 is 2.56. The number of nitrogens with one attached hydrogen (secondary N) is 1. The smallest absolute Gasteiger partial charge is 0.341 e. The third-order valence-electron chi connectivity index (χ3n) is 6.17. The maximum atomic E-state index is 13.5. The van der Waals surface area contributed by atoms with E-state index in [0.717, 1.165) is 10.9 Å². The van der Waals surface area contributed by atoms with Gasteiger partial charge in [0, 0.05) is 29.5 Å². The number of fused-ring (bicyclic) bond motifs is 1. The van der Waals surface area contributed by atoms with Gasteiger partial charge in [0.05, 0.1) is 35.8 Å². The zero-order chi connectivity index (χ0) is 27.0. The number of nitrogens with zero attached hydrogens (tertiary/aromatic N) is 6. The predicted octanol–water partition coefficient (Wildman–Crippen LogP) is 3.59. The Bertz CT molecular complexity index is 1720. The maximum Gasteiger partial charge on any atom is 0.341 e. The van der Waals surface area contributed by atoms with Crippen molar-refractivity contribution in [2.75, 3.05) is 5.32 Å². The maximum absolute atomic E-state index is 13.5. The van der Waals surface area contributed by atoms with Crippen molar-refractivity contribution in [3.63, 3.8) is 0 Å². The summed E-state index contributed by atoms with van der Waals surface area (Å²) in [5.41, 5.74) is 1.64. The quantitative estimate of drug-likeness (QED) is 0.311. The van der Waals surface area contributed by atoms with Gasteiger partial charge in [-0.2, -0.15) is 9.78 Å². The lowest BCUT2D eigenvalue weighted by Crippen LogP contribution is -2.23. The number of aromatic carboxylic acids is 1. The van der Waals surface area contributed by atoms with E-state index in [4.69, 9.17) is 0 Å². The van der Waals surface area contributed by atoms with Gasteiger partial charge in [0.15, 0.2) is 5.82 Å². The van der Waals surface area contributed by atoms with E-state index in [9.17, 15) is 19.8 Å². The first-order valence-corrected chi connectivity index (χ1v) is 11.8. The minimum absolute atomic E-state index is 0.0444. The van der Waals surface area contributed by atoms with Crippen molar-refractivity contribution in [1.29, 1.82) is 0 Å². The molecule has 38 heavy (non-hydrogen) atoms. The average Bonchev–Trinajstić information content (AvgIpc) is 3.32. The molecule has 2 aromatic carbocycles. The van der Waals surface area contributed by atoms with Gasteiger partial charge in [-0.15, -0.1) is 5.10 Å². The van der Waals surface area contributed by atoms with Crippen molar-refractivity contribution in [2.45, 2.75) is 32.8 Å². The lowest BCUT2D eigenvalue weighted by atomic mass is 9.86. The van der Waals surface area contributed by atoms with Crippen molar-refractivity contribution < 1.29 is 15.0 Å². The number of anilines is 2. The number of benzene rings is 2. The molecular formula is C27H25N7O4. The van der Waals surface area contributed by atoms with E-state index in [2.05, 4.69) is 46.3 Å². The van der Waals surface area contributed by atoms with E-state index in [1.807, 2.05) is 12.1 Å². The molecule has 0 fully saturated rings. The van der Waals surface area contributed by atoms with E-state index >= 15 is 0 Å². The summed E-state index contributed by atoms with van der Waals surface area (Å²) in [6.45, 7) is 5.85. The second-order valence-electron chi connectivity index (χ2n) is 9.70. The number of carboxylic acids is 1. The van der Waals surface area contributed by atoms with Gasteiger partial charge in [0.1, 0.15) is 11.4 Å². The summed E-state index contributed by atoms with van der Waals surface area (Å²) in [4.78, 5) is 33.4. The predicted molar refractivity (Wildman–Crippen MR) is 141 cm³/mol. The van der Waals surface area contributed by atoms with Crippen LogP contribution < -0.4 is 10.9 Å². The molecule has 0 unspecified atom stereocenters. The number of rotatable bonds is 6. The zero-order valence-electron chi connectivity index (χ0n) is 21.0. The van der Waals surface area contributed by atoms with Gasteiger partial charge in [-0.05, 0) is 35.2 Å². The highest BCUT2D eigenvalue weighted by Crippen LogP contribution is 2.27. The van der Waals surface area contributed by atoms with Gasteiger partial charge < -0.3 is 15.5 Å². The van der Waals surface area contributed by atoms with Crippen LogP contribution in [0.5, 0.6) is 0 Å². The fourth-order valence-corrected chi connectivity index (χ4v) is 4.16.